The molecule has 5 amide bonds. The normalized spacial score (nSPS) is 14.0. The van der Waals surface area contributed by atoms with E-state index in [9.17, 15) is 44.1 Å². The van der Waals surface area contributed by atoms with Crippen LogP contribution >= 0.6 is 0 Å². The van der Waals surface area contributed by atoms with E-state index in [0.717, 1.165) is 30.1 Å². The smallest absolute Gasteiger partial charge is 0.325 e. The topological polar surface area (TPSA) is 206 Å². The molecule has 0 spiro atoms. The Kier molecular flexibility index (Phi) is 19.6. The van der Waals surface area contributed by atoms with Gasteiger partial charge in [-0.25, -0.2) is 0 Å². The number of nitrogens with one attached hydrogen (secondary N) is 3. The van der Waals surface area contributed by atoms with Gasteiger partial charge in [0.1, 0.15) is 29.9 Å². The number of benzene rings is 1. The van der Waals surface area contributed by atoms with Gasteiger partial charge >= 0.3 is 5.97 Å². The number of rotatable bonds is 23. The highest BCUT2D eigenvalue weighted by molar-refractivity contribution is 5.94. The molecule has 0 radical (unpaired) electrons. The van der Waals surface area contributed by atoms with Crippen molar-refractivity contribution in [1.82, 2.24) is 25.8 Å². The summed E-state index contributed by atoms with van der Waals surface area (Å²) in [6, 6.07) is 1.24. The fourth-order valence-corrected chi connectivity index (χ4v) is 5.03. The number of unbranched alkanes of at least 4 members (excludes halogenated alkanes) is 5. The third kappa shape index (κ3) is 15.7. The number of hydrogen-bond acceptors (Lipinski definition) is 8. The van der Waals surface area contributed by atoms with Gasteiger partial charge < -0.3 is 41.1 Å². The minimum atomic E-state index is -1.26. The molecule has 276 valence electrons. The predicted molar refractivity (Wildman–Crippen MR) is 184 cm³/mol. The van der Waals surface area contributed by atoms with Crippen molar-refractivity contribution in [2.75, 3.05) is 27.2 Å². The molecule has 5 atom stereocenters. The number of carbonyl (C=O) groups excluding carboxylic acids is 5. The summed E-state index contributed by atoms with van der Waals surface area (Å²) in [4.78, 5) is 78.0. The number of aliphatic hydroxyl groups is 1. The Morgan fingerprint density at radius 1 is 0.735 bits per heavy atom. The van der Waals surface area contributed by atoms with Gasteiger partial charge in [0, 0.05) is 26.9 Å². The van der Waals surface area contributed by atoms with E-state index in [1.807, 2.05) is 0 Å². The highest BCUT2D eigenvalue weighted by Gasteiger charge is 2.31. The van der Waals surface area contributed by atoms with Crippen molar-refractivity contribution >= 4 is 35.5 Å². The molecule has 14 nitrogen and oxygen atoms in total. The standard InChI is InChI=1S/C35H57N5O9/c1-7-23(2)14-12-10-8-9-11-13-15-30(43)40(6)29(22-41)34(47)37-24(3)32(45)36-21-31(44)39(5)28(33(46)38-25(4)35(48)49)20-26-16-18-27(42)19-17-26/h16-19,23-25,28-29,41-42H,7-15,20-22H2,1-6H3,(H,36,45)(H,37,47)(H,38,46)(H,48,49)/t23?,24-,25-,28-,29-/m0/s1. The summed E-state index contributed by atoms with van der Waals surface area (Å²) in [5, 5.41) is 35.9. The van der Waals surface area contributed by atoms with Crippen molar-refractivity contribution in [1.29, 1.82) is 0 Å². The third-order valence-corrected chi connectivity index (χ3v) is 8.80. The van der Waals surface area contributed by atoms with Crippen molar-refractivity contribution in [2.24, 2.45) is 5.92 Å². The highest BCUT2D eigenvalue weighted by Crippen LogP contribution is 2.16. The number of phenolic OH excluding ortho intramolecular Hbond substituents is 1. The zero-order valence-corrected chi connectivity index (χ0v) is 29.9. The molecular formula is C35H57N5O9. The Morgan fingerprint density at radius 3 is 1.84 bits per heavy atom. The summed E-state index contributed by atoms with van der Waals surface area (Å²) in [6.45, 7) is 5.94. The fourth-order valence-electron chi connectivity index (χ4n) is 5.03. The fraction of sp³-hybridized carbons (Fsp3) is 0.657. The van der Waals surface area contributed by atoms with E-state index in [1.165, 1.54) is 70.7 Å². The number of carboxylic acids is 1. The molecule has 0 aliphatic rings. The second kappa shape index (κ2) is 22.4. The van der Waals surface area contributed by atoms with Gasteiger partial charge in [0.25, 0.3) is 0 Å². The molecule has 0 heterocycles. The number of hydrogen-bond donors (Lipinski definition) is 6. The maximum atomic E-state index is 13.0. The van der Waals surface area contributed by atoms with Crippen LogP contribution in [0.15, 0.2) is 24.3 Å². The van der Waals surface area contributed by atoms with E-state index < -0.39 is 66.9 Å². The Hall–Kier alpha value is -4.20. The number of likely N-dealkylation sites (N-methyl/N-ethyl adjacent to an activating group) is 2. The molecule has 0 saturated carbocycles. The Morgan fingerprint density at radius 2 is 1.27 bits per heavy atom. The maximum absolute atomic E-state index is 13.0. The molecule has 1 aromatic rings. The van der Waals surface area contributed by atoms with E-state index >= 15 is 0 Å². The molecule has 1 unspecified atom stereocenters. The quantitative estimate of drug-likeness (QED) is 0.0927. The van der Waals surface area contributed by atoms with Crippen LogP contribution in [0.1, 0.15) is 91.0 Å². The summed E-state index contributed by atoms with van der Waals surface area (Å²) in [6.07, 6.45) is 8.77. The van der Waals surface area contributed by atoms with E-state index in [4.69, 9.17) is 0 Å². The zero-order valence-electron chi connectivity index (χ0n) is 29.9. The van der Waals surface area contributed by atoms with Crippen molar-refractivity contribution < 1.29 is 44.1 Å². The summed E-state index contributed by atoms with van der Waals surface area (Å²) >= 11 is 0. The first-order valence-electron chi connectivity index (χ1n) is 17.1. The Balaban J connectivity index is 2.66. The van der Waals surface area contributed by atoms with Crippen LogP contribution in [0.3, 0.4) is 0 Å². The number of aliphatic hydroxyl groups excluding tert-OH is 1. The molecule has 0 aromatic heterocycles. The highest BCUT2D eigenvalue weighted by atomic mass is 16.4. The van der Waals surface area contributed by atoms with Gasteiger partial charge in [-0.1, -0.05) is 70.9 Å². The van der Waals surface area contributed by atoms with Crippen LogP contribution in [0, 0.1) is 5.92 Å². The van der Waals surface area contributed by atoms with Gasteiger partial charge in [-0.15, -0.1) is 0 Å². The van der Waals surface area contributed by atoms with Crippen molar-refractivity contribution in [3.8, 4) is 5.75 Å². The SMILES string of the molecule is CCC(C)CCCCCCCCC(=O)N(C)[C@@H](CO)C(=O)N[C@@H](C)C(=O)NCC(=O)N(C)[C@@H](Cc1ccc(O)cc1)C(=O)N[C@@H](C)C(=O)O. The minimum absolute atomic E-state index is 0.00464. The molecule has 14 heteroatoms. The first-order valence-corrected chi connectivity index (χ1v) is 17.1. The molecule has 0 saturated heterocycles. The maximum Gasteiger partial charge on any atom is 0.325 e. The van der Waals surface area contributed by atoms with Crippen LogP contribution in [0.2, 0.25) is 0 Å². The first-order chi connectivity index (χ1) is 23.1. The third-order valence-electron chi connectivity index (χ3n) is 8.80. The van der Waals surface area contributed by atoms with Gasteiger partial charge in [0.05, 0.1) is 13.2 Å². The van der Waals surface area contributed by atoms with E-state index in [-0.39, 0.29) is 24.5 Å². The average molecular weight is 692 g/mol. The van der Waals surface area contributed by atoms with Crippen molar-refractivity contribution in [3.63, 3.8) is 0 Å². The number of carboxylic acid groups (broad SMARTS) is 1. The molecule has 0 bridgehead atoms. The number of aromatic hydroxyl groups is 1. The lowest BCUT2D eigenvalue weighted by atomic mass is 10.00. The molecule has 49 heavy (non-hydrogen) atoms. The van der Waals surface area contributed by atoms with Crippen LogP contribution in [0.4, 0.5) is 0 Å². The summed E-state index contributed by atoms with van der Waals surface area (Å²) < 4.78 is 0. The first kappa shape index (κ1) is 42.8. The second-order valence-electron chi connectivity index (χ2n) is 12.8. The van der Waals surface area contributed by atoms with E-state index in [1.54, 1.807) is 12.1 Å². The van der Waals surface area contributed by atoms with Crippen LogP contribution in [0.25, 0.3) is 0 Å². The van der Waals surface area contributed by atoms with Crippen molar-refractivity contribution in [2.45, 2.75) is 116 Å². The summed E-state index contributed by atoms with van der Waals surface area (Å²) in [7, 11) is 2.77. The summed E-state index contributed by atoms with van der Waals surface area (Å²) in [5.41, 5.74) is 0.589. The number of nitrogens with zero attached hydrogens (tertiary/aromatic N) is 2. The molecule has 0 aliphatic carbocycles. The number of carbonyl (C=O) groups is 6. The molecule has 0 fully saturated rings. The van der Waals surface area contributed by atoms with Crippen LogP contribution in [0.5, 0.6) is 5.75 Å². The molecule has 6 N–H and O–H groups in total. The lowest BCUT2D eigenvalue weighted by Crippen LogP contribution is -2.56. The van der Waals surface area contributed by atoms with Crippen LogP contribution < -0.4 is 16.0 Å². The molecule has 0 aliphatic heterocycles. The molecule has 1 aromatic carbocycles. The number of amides is 5. The van der Waals surface area contributed by atoms with Gasteiger partial charge in [0.2, 0.25) is 29.5 Å². The number of aliphatic carboxylic acids is 1. The van der Waals surface area contributed by atoms with E-state index in [0.29, 0.717) is 12.0 Å². The summed E-state index contributed by atoms with van der Waals surface area (Å²) in [5.74, 6) is -3.65. The van der Waals surface area contributed by atoms with Crippen LogP contribution in [-0.2, 0) is 35.2 Å². The molecular weight excluding hydrogens is 634 g/mol. The average Bonchev–Trinajstić information content (AvgIpc) is 3.07. The van der Waals surface area contributed by atoms with Crippen LogP contribution in [-0.4, -0.2) is 112 Å². The van der Waals surface area contributed by atoms with Crippen molar-refractivity contribution in [3.05, 3.63) is 29.8 Å². The lowest BCUT2D eigenvalue weighted by Gasteiger charge is -2.29. The van der Waals surface area contributed by atoms with Gasteiger partial charge in [-0.2, -0.15) is 0 Å². The van der Waals surface area contributed by atoms with E-state index in [2.05, 4.69) is 29.8 Å². The lowest BCUT2D eigenvalue weighted by molar-refractivity contribution is -0.144. The Bertz CT molecular complexity index is 1230. The van der Waals surface area contributed by atoms with Gasteiger partial charge in [-0.05, 0) is 43.9 Å². The number of phenols is 1. The largest absolute Gasteiger partial charge is 0.508 e. The monoisotopic (exact) mass is 691 g/mol. The minimum Gasteiger partial charge on any atom is -0.508 e. The predicted octanol–water partition coefficient (Wildman–Crippen LogP) is 1.96. The molecule has 1 rings (SSSR count). The second-order valence-corrected chi connectivity index (χ2v) is 12.8. The van der Waals surface area contributed by atoms with Gasteiger partial charge in [0.15, 0.2) is 0 Å². The zero-order chi connectivity index (χ0) is 37.1. The Labute approximate surface area is 290 Å². The van der Waals surface area contributed by atoms with Gasteiger partial charge in [-0.3, -0.25) is 28.8 Å².